The van der Waals surface area contributed by atoms with Gasteiger partial charge in [0.2, 0.25) is 11.8 Å². The van der Waals surface area contributed by atoms with Crippen LogP contribution in [0.25, 0.3) is 5.65 Å². The standard InChI is InChI=1S/C30H33ClN8O3S/c31-24-18(35-26(40)23-27(41)36-22-8-1-2-13-38(22)28(23)42)5-3-6-19(24)43-20-17-34-29(39-16-12-33-25(20)39)37-14-10-30(11-15-37)9-4-7-21(30)32/h3,5-6,12,16-17,21,41H,1-2,4,7-11,13-15,32H2,(H,35,40)/t21-/m1/s1. The first-order valence-corrected chi connectivity index (χ1v) is 16.0. The molecule has 1 amide bonds. The Morgan fingerprint density at radius 3 is 2.74 bits per heavy atom. The second kappa shape index (κ2) is 11.1. The number of halogens is 1. The average Bonchev–Trinajstić information content (AvgIpc) is 3.63. The number of carbonyl (C=O) groups is 1. The molecule has 7 rings (SSSR count). The number of carbonyl (C=O) groups excluding carboxylic acids is 1. The summed E-state index contributed by atoms with van der Waals surface area (Å²) < 4.78 is 3.47. The third kappa shape index (κ3) is 4.95. The first kappa shape index (κ1) is 28.2. The van der Waals surface area contributed by atoms with Crippen LogP contribution in [-0.4, -0.2) is 54.1 Å². The molecule has 1 saturated carbocycles. The van der Waals surface area contributed by atoms with Crippen molar-refractivity contribution in [2.75, 3.05) is 23.3 Å². The minimum atomic E-state index is -0.761. The lowest BCUT2D eigenvalue weighted by atomic mass is 9.74. The highest BCUT2D eigenvalue weighted by Crippen LogP contribution is 2.46. The number of nitrogens with zero attached hydrogens (tertiary/aromatic N) is 6. The second-order valence-corrected chi connectivity index (χ2v) is 13.2. The van der Waals surface area contributed by atoms with Gasteiger partial charge in [0.15, 0.2) is 11.2 Å². The molecule has 1 spiro atoms. The van der Waals surface area contributed by atoms with Gasteiger partial charge in [0.25, 0.3) is 11.5 Å². The van der Waals surface area contributed by atoms with Crippen LogP contribution in [0.3, 0.4) is 0 Å². The average molecular weight is 621 g/mol. The van der Waals surface area contributed by atoms with Gasteiger partial charge in [0.1, 0.15) is 5.82 Å². The number of aryl methyl sites for hydroxylation is 1. The molecule has 4 aromatic rings. The van der Waals surface area contributed by atoms with Gasteiger partial charge in [-0.05, 0) is 56.1 Å². The maximum Gasteiger partial charge on any atom is 0.270 e. The van der Waals surface area contributed by atoms with Gasteiger partial charge in [-0.2, -0.15) is 4.98 Å². The quantitative estimate of drug-likeness (QED) is 0.294. The molecular formula is C30H33ClN8O3S. The van der Waals surface area contributed by atoms with Gasteiger partial charge in [-0.1, -0.05) is 35.9 Å². The Bertz CT molecular complexity index is 1780. The summed E-state index contributed by atoms with van der Waals surface area (Å²) in [5.41, 5.74) is 6.89. The van der Waals surface area contributed by atoms with Crippen molar-refractivity contribution < 1.29 is 9.90 Å². The van der Waals surface area contributed by atoms with Crippen LogP contribution in [0.4, 0.5) is 11.6 Å². The van der Waals surface area contributed by atoms with E-state index in [9.17, 15) is 14.7 Å². The van der Waals surface area contributed by atoms with E-state index in [1.54, 1.807) is 18.3 Å². The molecule has 4 N–H and O–H groups in total. The van der Waals surface area contributed by atoms with Gasteiger partial charge < -0.3 is 21.1 Å². The normalized spacial score (nSPS) is 19.6. The van der Waals surface area contributed by atoms with Gasteiger partial charge in [0, 0.05) is 55.6 Å². The molecule has 224 valence electrons. The molecule has 43 heavy (non-hydrogen) atoms. The first-order valence-electron chi connectivity index (χ1n) is 14.8. The van der Waals surface area contributed by atoms with E-state index in [0.717, 1.165) is 61.7 Å². The third-order valence-electron chi connectivity index (χ3n) is 9.31. The first-order chi connectivity index (χ1) is 20.8. The van der Waals surface area contributed by atoms with Crippen molar-refractivity contribution in [3.63, 3.8) is 0 Å². The number of fused-ring (bicyclic) bond motifs is 2. The number of hydrogen-bond donors (Lipinski definition) is 3. The number of aromatic nitrogens is 5. The lowest BCUT2D eigenvalue weighted by molar-refractivity contribution is 0.102. The smallest absolute Gasteiger partial charge is 0.270 e. The molecule has 2 aliphatic heterocycles. The van der Waals surface area contributed by atoms with Crippen LogP contribution >= 0.6 is 23.4 Å². The number of rotatable bonds is 5. The van der Waals surface area contributed by atoms with Crippen LogP contribution in [0.5, 0.6) is 5.88 Å². The summed E-state index contributed by atoms with van der Waals surface area (Å²) >= 11 is 8.16. The Morgan fingerprint density at radius 1 is 1.12 bits per heavy atom. The van der Waals surface area contributed by atoms with E-state index in [0.29, 0.717) is 40.4 Å². The predicted octanol–water partition coefficient (Wildman–Crippen LogP) is 4.48. The van der Waals surface area contributed by atoms with Gasteiger partial charge in [-0.25, -0.2) is 9.97 Å². The van der Waals surface area contributed by atoms with Crippen molar-refractivity contribution in [1.82, 2.24) is 23.9 Å². The zero-order chi connectivity index (χ0) is 29.7. The number of anilines is 2. The Morgan fingerprint density at radius 2 is 1.95 bits per heavy atom. The zero-order valence-electron chi connectivity index (χ0n) is 23.6. The summed E-state index contributed by atoms with van der Waals surface area (Å²) in [5.74, 6) is 0.0209. The number of nitrogens with two attached hydrogens (primary N) is 1. The molecule has 0 bridgehead atoms. The van der Waals surface area contributed by atoms with Crippen molar-refractivity contribution in [3.05, 3.63) is 63.6 Å². The van der Waals surface area contributed by atoms with Gasteiger partial charge >= 0.3 is 0 Å². The molecule has 13 heteroatoms. The molecule has 3 aromatic heterocycles. The number of imidazole rings is 1. The van der Waals surface area contributed by atoms with Crippen LogP contribution in [0, 0.1) is 5.41 Å². The van der Waals surface area contributed by atoms with Crippen molar-refractivity contribution in [2.24, 2.45) is 11.1 Å². The number of amides is 1. The van der Waals surface area contributed by atoms with E-state index in [4.69, 9.17) is 22.3 Å². The third-order valence-corrected chi connectivity index (χ3v) is 10.9. The Balaban J connectivity index is 1.12. The molecule has 1 saturated heterocycles. The second-order valence-electron chi connectivity index (χ2n) is 11.7. The minimum Gasteiger partial charge on any atom is -0.493 e. The molecule has 1 aliphatic carbocycles. The number of nitrogens with one attached hydrogen (secondary N) is 1. The van der Waals surface area contributed by atoms with Crippen molar-refractivity contribution in [2.45, 2.75) is 73.7 Å². The topological polar surface area (TPSA) is 144 Å². The molecule has 11 nitrogen and oxygen atoms in total. The van der Waals surface area contributed by atoms with Gasteiger partial charge in [-0.15, -0.1) is 0 Å². The summed E-state index contributed by atoms with van der Waals surface area (Å²) in [7, 11) is 0. The van der Waals surface area contributed by atoms with Gasteiger partial charge in [-0.3, -0.25) is 18.6 Å². The Kier molecular flexibility index (Phi) is 7.30. The van der Waals surface area contributed by atoms with E-state index in [1.807, 2.05) is 22.9 Å². The van der Waals surface area contributed by atoms with Gasteiger partial charge in [0.05, 0.1) is 15.6 Å². The number of benzene rings is 1. The van der Waals surface area contributed by atoms with Crippen LogP contribution < -0.4 is 21.5 Å². The largest absolute Gasteiger partial charge is 0.493 e. The maximum absolute atomic E-state index is 13.2. The summed E-state index contributed by atoms with van der Waals surface area (Å²) in [5, 5.41) is 13.4. The highest BCUT2D eigenvalue weighted by Gasteiger charge is 2.43. The minimum absolute atomic E-state index is 0.265. The number of hydrogen-bond acceptors (Lipinski definition) is 9. The summed E-state index contributed by atoms with van der Waals surface area (Å²) in [4.78, 5) is 43.6. The van der Waals surface area contributed by atoms with E-state index in [1.165, 1.54) is 29.2 Å². The van der Waals surface area contributed by atoms with Crippen LogP contribution in [0.1, 0.15) is 61.1 Å². The van der Waals surface area contributed by atoms with E-state index in [2.05, 4.69) is 20.2 Å². The van der Waals surface area contributed by atoms with E-state index < -0.39 is 22.9 Å². The van der Waals surface area contributed by atoms with E-state index in [-0.39, 0.29) is 5.41 Å². The lowest BCUT2D eigenvalue weighted by Crippen LogP contribution is -2.47. The fraction of sp³-hybridized carbons (Fsp3) is 0.433. The zero-order valence-corrected chi connectivity index (χ0v) is 25.2. The SMILES string of the molecule is N[C@@H]1CCCC12CCN(c1ncc(Sc3cccc(NC(=O)c4c(O)nc5n(c4=O)CCCC5)c3Cl)c3nccn13)CC2. The molecule has 0 radical (unpaired) electrons. The van der Waals surface area contributed by atoms with Crippen molar-refractivity contribution in [1.29, 1.82) is 0 Å². The monoisotopic (exact) mass is 620 g/mol. The molecule has 1 atom stereocenters. The van der Waals surface area contributed by atoms with Crippen molar-refractivity contribution >= 4 is 46.6 Å². The van der Waals surface area contributed by atoms with Crippen molar-refractivity contribution in [3.8, 4) is 5.88 Å². The van der Waals surface area contributed by atoms with Crippen LogP contribution in [0.15, 0.2) is 51.4 Å². The summed E-state index contributed by atoms with van der Waals surface area (Å²) in [6.45, 7) is 2.29. The molecular weight excluding hydrogens is 588 g/mol. The molecule has 3 aliphatic rings. The fourth-order valence-electron chi connectivity index (χ4n) is 6.88. The lowest BCUT2D eigenvalue weighted by Gasteiger charge is -2.42. The molecule has 1 aromatic carbocycles. The maximum atomic E-state index is 13.2. The predicted molar refractivity (Wildman–Crippen MR) is 165 cm³/mol. The highest BCUT2D eigenvalue weighted by molar-refractivity contribution is 7.99. The molecule has 5 heterocycles. The van der Waals surface area contributed by atoms with Crippen LogP contribution in [0.2, 0.25) is 5.02 Å². The van der Waals surface area contributed by atoms with E-state index >= 15 is 0 Å². The number of piperidine rings is 1. The fourth-order valence-corrected chi connectivity index (χ4v) is 8.10. The summed E-state index contributed by atoms with van der Waals surface area (Å²) in [6, 6.07) is 5.55. The number of aromatic hydroxyl groups is 1. The van der Waals surface area contributed by atoms with Crippen LogP contribution in [-0.2, 0) is 13.0 Å². The highest BCUT2D eigenvalue weighted by atomic mass is 35.5. The summed E-state index contributed by atoms with van der Waals surface area (Å²) in [6.07, 6.45) is 13.5. The molecule has 2 fully saturated rings. The molecule has 0 unspecified atom stereocenters. The Labute approximate surface area is 257 Å². The Hall–Kier alpha value is -3.61.